The number of anilines is 1. The first-order chi connectivity index (χ1) is 15.7. The molecule has 3 rings (SSSR count). The van der Waals surface area contributed by atoms with Crippen molar-refractivity contribution in [3.63, 3.8) is 0 Å². The van der Waals surface area contributed by atoms with Crippen molar-refractivity contribution in [1.29, 1.82) is 0 Å². The summed E-state index contributed by atoms with van der Waals surface area (Å²) >= 11 is 10.7. The molecular weight excluding hydrogens is 526 g/mol. The van der Waals surface area contributed by atoms with Crippen molar-refractivity contribution in [2.45, 2.75) is 32.0 Å². The molecule has 0 radical (unpaired) electrons. The highest BCUT2D eigenvalue weighted by atomic mass is 79.9. The van der Waals surface area contributed by atoms with E-state index in [1.807, 2.05) is 44.5 Å². The van der Waals surface area contributed by atoms with Crippen LogP contribution in [0.1, 0.15) is 41.6 Å². The Labute approximate surface area is 210 Å². The largest absolute Gasteiger partial charge is 0.342 e. The van der Waals surface area contributed by atoms with Crippen molar-refractivity contribution in [1.82, 2.24) is 20.1 Å². The van der Waals surface area contributed by atoms with Gasteiger partial charge in [-0.3, -0.25) is 9.59 Å². The molecule has 2 N–H and O–H groups in total. The maximum Gasteiger partial charge on any atom is 0.251 e. The zero-order valence-electron chi connectivity index (χ0n) is 18.7. The number of nitrogens with one attached hydrogen (secondary N) is 2. The van der Waals surface area contributed by atoms with Gasteiger partial charge in [0.25, 0.3) is 5.91 Å². The molecule has 1 atom stereocenters. The standard InChI is InChI=1S/C23H25BrClN5O2S/c1-13(2)20(27-22(32)15-7-5-14(3)6-8-15)21-28-29-23(30(21)4)33-12-19(31)26-16-9-10-17(24)18(25)11-16/h5-11,13,20H,12H2,1-4H3,(H,26,31)(H,27,32). The Hall–Kier alpha value is -2.36. The Morgan fingerprint density at radius 2 is 1.85 bits per heavy atom. The minimum atomic E-state index is -0.329. The fourth-order valence-corrected chi connectivity index (χ4v) is 4.23. The summed E-state index contributed by atoms with van der Waals surface area (Å²) in [5.41, 5.74) is 2.30. The number of hydrogen-bond donors (Lipinski definition) is 2. The van der Waals surface area contributed by atoms with Crippen LogP contribution in [0.25, 0.3) is 0 Å². The van der Waals surface area contributed by atoms with E-state index in [0.717, 1.165) is 10.0 Å². The lowest BCUT2D eigenvalue weighted by Crippen LogP contribution is -2.33. The zero-order chi connectivity index (χ0) is 24.1. The van der Waals surface area contributed by atoms with E-state index in [9.17, 15) is 9.59 Å². The van der Waals surface area contributed by atoms with Crippen LogP contribution in [-0.4, -0.2) is 32.3 Å². The minimum absolute atomic E-state index is 0.0885. The molecule has 0 aliphatic carbocycles. The molecule has 174 valence electrons. The van der Waals surface area contributed by atoms with Crippen LogP contribution in [-0.2, 0) is 11.8 Å². The van der Waals surface area contributed by atoms with Crippen LogP contribution in [0, 0.1) is 12.8 Å². The van der Waals surface area contributed by atoms with Gasteiger partial charge in [0.05, 0.1) is 16.8 Å². The minimum Gasteiger partial charge on any atom is -0.342 e. The summed E-state index contributed by atoms with van der Waals surface area (Å²) in [5.74, 6) is 0.523. The number of benzene rings is 2. The molecule has 33 heavy (non-hydrogen) atoms. The van der Waals surface area contributed by atoms with Crippen molar-refractivity contribution in [3.8, 4) is 0 Å². The number of rotatable bonds is 8. The average molecular weight is 551 g/mol. The van der Waals surface area contributed by atoms with E-state index in [1.165, 1.54) is 11.8 Å². The van der Waals surface area contributed by atoms with Crippen LogP contribution in [0.15, 0.2) is 52.1 Å². The highest BCUT2D eigenvalue weighted by Gasteiger charge is 2.25. The summed E-state index contributed by atoms with van der Waals surface area (Å²) in [5, 5.41) is 15.5. The summed E-state index contributed by atoms with van der Waals surface area (Å²) in [4.78, 5) is 25.1. The van der Waals surface area contributed by atoms with Gasteiger partial charge < -0.3 is 15.2 Å². The van der Waals surface area contributed by atoms with E-state index < -0.39 is 0 Å². The molecule has 1 heterocycles. The Balaban J connectivity index is 1.65. The Morgan fingerprint density at radius 3 is 2.48 bits per heavy atom. The molecule has 0 spiro atoms. The third kappa shape index (κ3) is 6.59. The lowest BCUT2D eigenvalue weighted by molar-refractivity contribution is -0.113. The molecule has 3 aromatic rings. The van der Waals surface area contributed by atoms with E-state index in [1.54, 1.807) is 30.3 Å². The maximum absolute atomic E-state index is 12.8. The number of nitrogens with zero attached hydrogens (tertiary/aromatic N) is 3. The van der Waals surface area contributed by atoms with Crippen molar-refractivity contribution in [2.24, 2.45) is 13.0 Å². The summed E-state index contributed by atoms with van der Waals surface area (Å²) in [7, 11) is 1.83. The van der Waals surface area contributed by atoms with Crippen LogP contribution in [0.2, 0.25) is 5.02 Å². The van der Waals surface area contributed by atoms with Crippen LogP contribution in [0.4, 0.5) is 5.69 Å². The lowest BCUT2D eigenvalue weighted by Gasteiger charge is -2.21. The van der Waals surface area contributed by atoms with Crippen LogP contribution in [0.5, 0.6) is 0 Å². The van der Waals surface area contributed by atoms with Crippen molar-refractivity contribution < 1.29 is 9.59 Å². The molecule has 2 amide bonds. The van der Waals surface area contributed by atoms with Crippen LogP contribution in [0.3, 0.4) is 0 Å². The summed E-state index contributed by atoms with van der Waals surface area (Å²) in [6.45, 7) is 6.00. The molecule has 7 nitrogen and oxygen atoms in total. The van der Waals surface area contributed by atoms with E-state index in [0.29, 0.717) is 27.3 Å². The number of aryl methyl sites for hydroxylation is 1. The number of aromatic nitrogens is 3. The highest BCUT2D eigenvalue weighted by Crippen LogP contribution is 2.27. The lowest BCUT2D eigenvalue weighted by atomic mass is 10.0. The van der Waals surface area contributed by atoms with Gasteiger partial charge in [0.2, 0.25) is 5.91 Å². The molecule has 0 aliphatic rings. The topological polar surface area (TPSA) is 88.9 Å². The molecular formula is C23H25BrClN5O2S. The number of hydrogen-bond acceptors (Lipinski definition) is 5. The van der Waals surface area contributed by atoms with Gasteiger partial charge in [-0.2, -0.15) is 0 Å². The second-order valence-electron chi connectivity index (χ2n) is 7.93. The number of carbonyl (C=O) groups excluding carboxylic acids is 2. The van der Waals surface area contributed by atoms with Gasteiger partial charge in [0.15, 0.2) is 11.0 Å². The van der Waals surface area contributed by atoms with Crippen LogP contribution < -0.4 is 10.6 Å². The van der Waals surface area contributed by atoms with Gasteiger partial charge in [-0.05, 0) is 59.1 Å². The Morgan fingerprint density at radius 1 is 1.15 bits per heavy atom. The average Bonchev–Trinajstić information content (AvgIpc) is 3.13. The molecule has 0 aliphatic heterocycles. The summed E-state index contributed by atoms with van der Waals surface area (Å²) in [6, 6.07) is 12.3. The fraction of sp³-hybridized carbons (Fsp3) is 0.304. The first-order valence-electron chi connectivity index (χ1n) is 10.3. The molecule has 10 heteroatoms. The number of halogens is 2. The molecule has 2 aromatic carbocycles. The predicted molar refractivity (Wildman–Crippen MR) is 136 cm³/mol. The monoisotopic (exact) mass is 549 g/mol. The number of thioether (sulfide) groups is 1. The third-order valence-corrected chi connectivity index (χ3v) is 7.20. The summed E-state index contributed by atoms with van der Waals surface area (Å²) < 4.78 is 2.58. The van der Waals surface area contributed by atoms with E-state index in [-0.39, 0.29) is 29.5 Å². The van der Waals surface area contributed by atoms with E-state index in [2.05, 4.69) is 36.8 Å². The Kier molecular flexibility index (Phi) is 8.56. The predicted octanol–water partition coefficient (Wildman–Crippen LogP) is 5.40. The first kappa shape index (κ1) is 25.3. The normalized spacial score (nSPS) is 12.0. The SMILES string of the molecule is Cc1ccc(C(=O)NC(c2nnc(SCC(=O)Nc3ccc(Br)c(Cl)c3)n2C)C(C)C)cc1. The fourth-order valence-electron chi connectivity index (χ4n) is 3.08. The first-order valence-corrected chi connectivity index (χ1v) is 12.5. The van der Waals surface area contributed by atoms with Gasteiger partial charge in [0.1, 0.15) is 0 Å². The second kappa shape index (κ2) is 11.2. The van der Waals surface area contributed by atoms with Gasteiger partial charge in [0, 0.05) is 22.8 Å². The van der Waals surface area contributed by atoms with Crippen molar-refractivity contribution in [3.05, 3.63) is 68.9 Å². The van der Waals surface area contributed by atoms with Gasteiger partial charge in [-0.15, -0.1) is 10.2 Å². The summed E-state index contributed by atoms with van der Waals surface area (Å²) in [6.07, 6.45) is 0. The number of carbonyl (C=O) groups is 2. The second-order valence-corrected chi connectivity index (χ2v) is 10.1. The van der Waals surface area contributed by atoms with Crippen LogP contribution >= 0.6 is 39.3 Å². The van der Waals surface area contributed by atoms with E-state index in [4.69, 9.17) is 11.6 Å². The zero-order valence-corrected chi connectivity index (χ0v) is 21.9. The maximum atomic E-state index is 12.8. The molecule has 1 unspecified atom stereocenters. The molecule has 0 fully saturated rings. The third-order valence-electron chi connectivity index (χ3n) is 4.95. The molecule has 1 aromatic heterocycles. The van der Waals surface area contributed by atoms with Crippen molar-refractivity contribution in [2.75, 3.05) is 11.1 Å². The smallest absolute Gasteiger partial charge is 0.251 e. The number of amides is 2. The quantitative estimate of drug-likeness (QED) is 0.367. The van der Waals surface area contributed by atoms with Gasteiger partial charge >= 0.3 is 0 Å². The Bertz CT molecular complexity index is 1150. The van der Waals surface area contributed by atoms with Crippen molar-refractivity contribution >= 4 is 56.8 Å². The van der Waals surface area contributed by atoms with E-state index >= 15 is 0 Å². The molecule has 0 bridgehead atoms. The molecule has 0 saturated heterocycles. The molecule has 0 saturated carbocycles. The van der Waals surface area contributed by atoms with Gasteiger partial charge in [-0.1, -0.05) is 54.9 Å². The van der Waals surface area contributed by atoms with Gasteiger partial charge in [-0.25, -0.2) is 0 Å². The highest BCUT2D eigenvalue weighted by molar-refractivity contribution is 9.10.